The van der Waals surface area contributed by atoms with Crippen molar-refractivity contribution in [3.8, 4) is 0 Å². The monoisotopic (exact) mass is 341 g/mol. The molecule has 2 heterocycles. The molecule has 1 saturated heterocycles. The Balaban J connectivity index is 1.62. The summed E-state index contributed by atoms with van der Waals surface area (Å²) in [6.45, 7) is 3.41. The SMILES string of the molecule is CC(=O)NCc1ccc(NC(=O)[C@H]2CNC[C@@H]2c2cnn(C)c2)cc1. The van der Waals surface area contributed by atoms with Crippen molar-refractivity contribution < 1.29 is 9.59 Å². The predicted molar refractivity (Wildman–Crippen MR) is 94.9 cm³/mol. The molecule has 0 unspecified atom stereocenters. The van der Waals surface area contributed by atoms with Crippen molar-refractivity contribution in [3.05, 3.63) is 47.8 Å². The largest absolute Gasteiger partial charge is 0.352 e. The van der Waals surface area contributed by atoms with E-state index in [9.17, 15) is 9.59 Å². The van der Waals surface area contributed by atoms with Crippen LogP contribution in [-0.2, 0) is 23.2 Å². The van der Waals surface area contributed by atoms with Crippen LogP contribution in [0.25, 0.3) is 0 Å². The first-order valence-corrected chi connectivity index (χ1v) is 8.36. The zero-order valence-corrected chi connectivity index (χ0v) is 14.5. The van der Waals surface area contributed by atoms with Gasteiger partial charge < -0.3 is 16.0 Å². The number of benzene rings is 1. The van der Waals surface area contributed by atoms with Gasteiger partial charge in [0.2, 0.25) is 11.8 Å². The zero-order valence-electron chi connectivity index (χ0n) is 14.5. The second-order valence-corrected chi connectivity index (χ2v) is 6.41. The molecule has 1 aromatic carbocycles. The minimum absolute atomic E-state index is 0.00784. The number of aryl methyl sites for hydroxylation is 1. The minimum Gasteiger partial charge on any atom is -0.352 e. The highest BCUT2D eigenvalue weighted by atomic mass is 16.2. The maximum Gasteiger partial charge on any atom is 0.229 e. The van der Waals surface area contributed by atoms with Crippen molar-refractivity contribution in [1.82, 2.24) is 20.4 Å². The number of aromatic nitrogens is 2. The van der Waals surface area contributed by atoms with E-state index in [-0.39, 0.29) is 23.7 Å². The maximum absolute atomic E-state index is 12.7. The highest BCUT2D eigenvalue weighted by Crippen LogP contribution is 2.28. The summed E-state index contributed by atoms with van der Waals surface area (Å²) in [7, 11) is 1.88. The first-order valence-electron chi connectivity index (χ1n) is 8.36. The lowest BCUT2D eigenvalue weighted by atomic mass is 9.90. The number of nitrogens with zero attached hydrogens (tertiary/aromatic N) is 2. The van der Waals surface area contributed by atoms with Gasteiger partial charge in [0, 0.05) is 51.4 Å². The molecule has 25 heavy (non-hydrogen) atoms. The average molecular weight is 341 g/mol. The molecule has 0 bridgehead atoms. The van der Waals surface area contributed by atoms with Gasteiger partial charge in [-0.05, 0) is 23.3 Å². The number of carbonyl (C=O) groups is 2. The van der Waals surface area contributed by atoms with E-state index in [1.54, 1.807) is 4.68 Å². The molecule has 3 N–H and O–H groups in total. The van der Waals surface area contributed by atoms with Crippen molar-refractivity contribution in [1.29, 1.82) is 0 Å². The van der Waals surface area contributed by atoms with Crippen LogP contribution in [0.1, 0.15) is 24.0 Å². The third-order valence-corrected chi connectivity index (χ3v) is 4.47. The van der Waals surface area contributed by atoms with Gasteiger partial charge in [-0.3, -0.25) is 14.3 Å². The second kappa shape index (κ2) is 7.48. The van der Waals surface area contributed by atoms with Gasteiger partial charge in [0.25, 0.3) is 0 Å². The van der Waals surface area contributed by atoms with E-state index in [0.717, 1.165) is 23.4 Å². The van der Waals surface area contributed by atoms with Gasteiger partial charge in [-0.1, -0.05) is 12.1 Å². The molecule has 1 fully saturated rings. The Morgan fingerprint density at radius 3 is 2.68 bits per heavy atom. The van der Waals surface area contributed by atoms with Gasteiger partial charge in [-0.25, -0.2) is 0 Å². The molecule has 1 aliphatic rings. The van der Waals surface area contributed by atoms with Crippen molar-refractivity contribution in [2.24, 2.45) is 13.0 Å². The van der Waals surface area contributed by atoms with Crippen LogP contribution in [0.15, 0.2) is 36.7 Å². The quantitative estimate of drug-likeness (QED) is 0.757. The van der Waals surface area contributed by atoms with Crippen LogP contribution in [-0.4, -0.2) is 34.7 Å². The van der Waals surface area contributed by atoms with E-state index in [4.69, 9.17) is 0 Å². The molecule has 2 aromatic rings. The van der Waals surface area contributed by atoms with Gasteiger partial charge >= 0.3 is 0 Å². The Morgan fingerprint density at radius 2 is 2.04 bits per heavy atom. The van der Waals surface area contributed by atoms with E-state index in [1.165, 1.54) is 6.92 Å². The zero-order chi connectivity index (χ0) is 17.8. The van der Waals surface area contributed by atoms with Crippen LogP contribution in [0.3, 0.4) is 0 Å². The van der Waals surface area contributed by atoms with Crippen molar-refractivity contribution in [2.75, 3.05) is 18.4 Å². The lowest BCUT2D eigenvalue weighted by Crippen LogP contribution is -2.28. The third kappa shape index (κ3) is 4.24. The summed E-state index contributed by atoms with van der Waals surface area (Å²) in [5, 5.41) is 13.2. The van der Waals surface area contributed by atoms with Gasteiger partial charge in [0.1, 0.15) is 0 Å². The van der Waals surface area contributed by atoms with Crippen LogP contribution in [0.5, 0.6) is 0 Å². The summed E-state index contributed by atoms with van der Waals surface area (Å²) in [6, 6.07) is 7.51. The fourth-order valence-electron chi connectivity index (χ4n) is 3.10. The number of carbonyl (C=O) groups excluding carboxylic acids is 2. The molecule has 0 saturated carbocycles. The van der Waals surface area contributed by atoms with Crippen LogP contribution < -0.4 is 16.0 Å². The summed E-state index contributed by atoms with van der Waals surface area (Å²) in [5.74, 6) is -0.0444. The Hall–Kier alpha value is -2.67. The number of hydrogen-bond donors (Lipinski definition) is 3. The number of hydrogen-bond acceptors (Lipinski definition) is 4. The van der Waals surface area contributed by atoms with E-state index >= 15 is 0 Å². The number of amides is 2. The lowest BCUT2D eigenvalue weighted by molar-refractivity contribution is -0.120. The molecule has 2 atom stereocenters. The van der Waals surface area contributed by atoms with Crippen LogP contribution >= 0.6 is 0 Å². The first-order chi connectivity index (χ1) is 12.0. The fourth-order valence-corrected chi connectivity index (χ4v) is 3.10. The van der Waals surface area contributed by atoms with Crippen LogP contribution in [0.2, 0.25) is 0 Å². The van der Waals surface area contributed by atoms with Crippen molar-refractivity contribution in [3.63, 3.8) is 0 Å². The molecular formula is C18H23N5O2. The topological polar surface area (TPSA) is 88.1 Å². The Kier molecular flexibility index (Phi) is 5.14. The van der Waals surface area contributed by atoms with E-state index < -0.39 is 0 Å². The van der Waals surface area contributed by atoms with Gasteiger partial charge in [0.05, 0.1) is 12.1 Å². The minimum atomic E-state index is -0.122. The molecule has 0 aliphatic carbocycles. The summed E-state index contributed by atoms with van der Waals surface area (Å²) < 4.78 is 1.76. The number of anilines is 1. The van der Waals surface area contributed by atoms with E-state index in [2.05, 4.69) is 21.0 Å². The van der Waals surface area contributed by atoms with Crippen LogP contribution in [0, 0.1) is 5.92 Å². The Morgan fingerprint density at radius 1 is 1.28 bits per heavy atom. The molecule has 1 aliphatic heterocycles. The van der Waals surface area contributed by atoms with Crippen molar-refractivity contribution in [2.45, 2.75) is 19.4 Å². The van der Waals surface area contributed by atoms with Crippen molar-refractivity contribution >= 4 is 17.5 Å². The summed E-state index contributed by atoms with van der Waals surface area (Å²) in [5.41, 5.74) is 2.83. The normalized spacial score (nSPS) is 19.6. The maximum atomic E-state index is 12.7. The van der Waals surface area contributed by atoms with E-state index in [1.807, 2.05) is 43.7 Å². The molecule has 0 spiro atoms. The number of nitrogens with one attached hydrogen (secondary N) is 3. The standard InChI is InChI=1S/C18H23N5O2/c1-12(24)20-7-13-3-5-15(6-4-13)22-18(25)17-10-19-9-16(17)14-8-21-23(2)11-14/h3-6,8,11,16-17,19H,7,9-10H2,1-2H3,(H,20,24)(H,22,25)/t16-,17+/m1/s1. The van der Waals surface area contributed by atoms with Gasteiger partial charge in [-0.2, -0.15) is 5.10 Å². The molecule has 3 rings (SSSR count). The van der Waals surface area contributed by atoms with Gasteiger partial charge in [-0.15, -0.1) is 0 Å². The number of rotatable bonds is 5. The molecule has 2 amide bonds. The first kappa shape index (κ1) is 17.2. The molecule has 1 aromatic heterocycles. The Labute approximate surface area is 146 Å². The molecule has 132 valence electrons. The highest BCUT2D eigenvalue weighted by Gasteiger charge is 2.34. The fraction of sp³-hybridized carbons (Fsp3) is 0.389. The second-order valence-electron chi connectivity index (χ2n) is 6.41. The summed E-state index contributed by atoms with van der Waals surface area (Å²) >= 11 is 0. The highest BCUT2D eigenvalue weighted by molar-refractivity contribution is 5.93. The molecule has 0 radical (unpaired) electrons. The third-order valence-electron chi connectivity index (χ3n) is 4.47. The molecular weight excluding hydrogens is 318 g/mol. The van der Waals surface area contributed by atoms with E-state index in [0.29, 0.717) is 13.1 Å². The summed E-state index contributed by atoms with van der Waals surface area (Å²) in [4.78, 5) is 23.6. The van der Waals surface area contributed by atoms with Gasteiger partial charge in [0.15, 0.2) is 0 Å². The average Bonchev–Trinajstić information content (AvgIpc) is 3.22. The molecule has 7 nitrogen and oxygen atoms in total. The predicted octanol–water partition coefficient (Wildman–Crippen LogP) is 0.998. The molecule has 7 heteroatoms. The van der Waals surface area contributed by atoms with Crippen LogP contribution in [0.4, 0.5) is 5.69 Å². The summed E-state index contributed by atoms with van der Waals surface area (Å²) in [6.07, 6.45) is 3.80. The smallest absolute Gasteiger partial charge is 0.229 e. The lowest BCUT2D eigenvalue weighted by Gasteiger charge is -2.17. The Bertz CT molecular complexity index is 753.